The van der Waals surface area contributed by atoms with Crippen molar-refractivity contribution in [2.75, 3.05) is 0 Å². The number of carboxylic acids is 1. The fourth-order valence-electron chi connectivity index (χ4n) is 5.36. The van der Waals surface area contributed by atoms with Crippen molar-refractivity contribution < 1.29 is 9.90 Å². The molecule has 5 rings (SSSR count). The average Bonchev–Trinajstić information content (AvgIpc) is 2.74. The monoisotopic (exact) mass is 274 g/mol. The van der Waals surface area contributed by atoms with E-state index < -0.39 is 5.97 Å². The quantitative estimate of drug-likeness (QED) is 0.922. The summed E-state index contributed by atoms with van der Waals surface area (Å²) in [7, 11) is 0. The highest BCUT2D eigenvalue weighted by Crippen LogP contribution is 2.56. The topological polar surface area (TPSA) is 55.1 Å². The number of aromatic carboxylic acids is 1. The summed E-state index contributed by atoms with van der Waals surface area (Å²) in [6.45, 7) is 2.89. The zero-order chi connectivity index (χ0) is 13.9. The van der Waals surface area contributed by atoms with Gasteiger partial charge in [-0.25, -0.2) is 9.78 Å². The number of carboxylic acid groups (broad SMARTS) is 1. The van der Waals surface area contributed by atoms with Crippen molar-refractivity contribution in [3.8, 4) is 0 Å². The molecule has 1 heterocycles. The van der Waals surface area contributed by atoms with Crippen molar-refractivity contribution in [3.63, 3.8) is 0 Å². The number of imidazole rings is 1. The van der Waals surface area contributed by atoms with E-state index in [0.717, 1.165) is 42.0 Å². The molecule has 0 aliphatic heterocycles. The van der Waals surface area contributed by atoms with E-state index in [1.807, 2.05) is 6.92 Å². The molecule has 20 heavy (non-hydrogen) atoms. The number of nitrogens with zero attached hydrogens (tertiary/aromatic N) is 2. The van der Waals surface area contributed by atoms with Gasteiger partial charge in [0.05, 0.1) is 0 Å². The maximum Gasteiger partial charge on any atom is 0.356 e. The summed E-state index contributed by atoms with van der Waals surface area (Å²) in [6.07, 6.45) is 8.86. The van der Waals surface area contributed by atoms with Gasteiger partial charge in [-0.05, 0) is 68.6 Å². The lowest BCUT2D eigenvalue weighted by Crippen LogP contribution is -2.46. The first-order valence-electron chi connectivity index (χ1n) is 7.87. The minimum absolute atomic E-state index is 0.186. The summed E-state index contributed by atoms with van der Waals surface area (Å²) in [5.41, 5.74) is 0.186. The largest absolute Gasteiger partial charge is 0.476 e. The Bertz CT molecular complexity index is 521. The van der Waals surface area contributed by atoms with Gasteiger partial charge in [-0.15, -0.1) is 0 Å². The molecule has 4 fully saturated rings. The minimum Gasteiger partial charge on any atom is -0.476 e. The van der Waals surface area contributed by atoms with Crippen LogP contribution >= 0.6 is 0 Å². The summed E-state index contributed by atoms with van der Waals surface area (Å²) < 4.78 is 2.08. The lowest BCUT2D eigenvalue weighted by Gasteiger charge is -2.54. The lowest BCUT2D eigenvalue weighted by molar-refractivity contribution is -0.0432. The van der Waals surface area contributed by atoms with Crippen LogP contribution in [0.3, 0.4) is 0 Å². The highest BCUT2D eigenvalue weighted by Gasteiger charge is 2.48. The molecule has 1 aromatic rings. The molecule has 1 N–H and O–H groups in total. The summed E-state index contributed by atoms with van der Waals surface area (Å²) in [4.78, 5) is 15.2. The molecule has 0 atom stereocenters. The third-order valence-corrected chi connectivity index (χ3v) is 6.02. The molecule has 0 radical (unpaired) electrons. The SMILES string of the molecule is Cc1nc(C(=O)O)cn1CC1C2CC3CC(C2)CC1C3. The molecule has 0 unspecified atom stereocenters. The first kappa shape index (κ1) is 12.4. The average molecular weight is 274 g/mol. The molecule has 4 aliphatic carbocycles. The van der Waals surface area contributed by atoms with E-state index in [9.17, 15) is 4.79 Å². The second-order valence-electron chi connectivity index (χ2n) is 7.23. The van der Waals surface area contributed by atoms with Crippen molar-refractivity contribution in [2.45, 2.75) is 45.6 Å². The summed E-state index contributed by atoms with van der Waals surface area (Å²) in [5.74, 6) is 4.41. The number of aryl methyl sites for hydroxylation is 1. The van der Waals surface area contributed by atoms with E-state index in [1.165, 1.54) is 32.1 Å². The van der Waals surface area contributed by atoms with Crippen LogP contribution in [0.1, 0.15) is 48.4 Å². The molecule has 108 valence electrons. The zero-order valence-corrected chi connectivity index (χ0v) is 12.0. The van der Waals surface area contributed by atoms with Crippen LogP contribution in [0.4, 0.5) is 0 Å². The summed E-state index contributed by atoms with van der Waals surface area (Å²) in [5, 5.41) is 9.05. The standard InChI is InChI=1S/C16H22N2O2/c1-9-17-15(16(19)20)8-18(9)7-14-12-3-10-2-11(5-12)6-13(14)4-10/h8,10-14H,2-7H2,1H3,(H,19,20). The van der Waals surface area contributed by atoms with E-state index >= 15 is 0 Å². The summed E-state index contributed by atoms with van der Waals surface area (Å²) >= 11 is 0. The van der Waals surface area contributed by atoms with Gasteiger partial charge in [0, 0.05) is 12.7 Å². The molecular weight excluding hydrogens is 252 g/mol. The van der Waals surface area contributed by atoms with Crippen molar-refractivity contribution in [1.82, 2.24) is 9.55 Å². The third-order valence-electron chi connectivity index (χ3n) is 6.02. The maximum absolute atomic E-state index is 11.0. The second-order valence-corrected chi connectivity index (χ2v) is 7.23. The molecule has 0 aromatic carbocycles. The molecular formula is C16H22N2O2. The van der Waals surface area contributed by atoms with Crippen LogP contribution in [-0.2, 0) is 6.54 Å². The smallest absolute Gasteiger partial charge is 0.356 e. The Hall–Kier alpha value is -1.32. The van der Waals surface area contributed by atoms with Crippen LogP contribution < -0.4 is 0 Å². The van der Waals surface area contributed by atoms with E-state index in [-0.39, 0.29) is 5.69 Å². The molecule has 4 saturated carbocycles. The van der Waals surface area contributed by atoms with Gasteiger partial charge in [-0.3, -0.25) is 0 Å². The van der Waals surface area contributed by atoms with E-state index in [2.05, 4.69) is 9.55 Å². The molecule has 0 spiro atoms. The minimum atomic E-state index is -0.920. The van der Waals surface area contributed by atoms with Crippen LogP contribution in [0.15, 0.2) is 6.20 Å². The fourth-order valence-corrected chi connectivity index (χ4v) is 5.36. The van der Waals surface area contributed by atoms with Gasteiger partial charge in [-0.2, -0.15) is 0 Å². The first-order chi connectivity index (χ1) is 9.60. The van der Waals surface area contributed by atoms with Crippen molar-refractivity contribution in [1.29, 1.82) is 0 Å². The lowest BCUT2D eigenvalue weighted by atomic mass is 9.52. The van der Waals surface area contributed by atoms with Crippen LogP contribution in [0.5, 0.6) is 0 Å². The Labute approximate surface area is 119 Å². The highest BCUT2D eigenvalue weighted by molar-refractivity contribution is 5.85. The maximum atomic E-state index is 11.0. The van der Waals surface area contributed by atoms with Gasteiger partial charge >= 0.3 is 5.97 Å². The van der Waals surface area contributed by atoms with Crippen molar-refractivity contribution in [2.24, 2.45) is 29.6 Å². The zero-order valence-electron chi connectivity index (χ0n) is 12.0. The van der Waals surface area contributed by atoms with E-state index in [0.29, 0.717) is 0 Å². The van der Waals surface area contributed by atoms with Crippen molar-refractivity contribution >= 4 is 5.97 Å². The van der Waals surface area contributed by atoms with E-state index in [4.69, 9.17) is 5.11 Å². The predicted octanol–water partition coefficient (Wildman–Crippen LogP) is 2.96. The Balaban J connectivity index is 1.56. The van der Waals surface area contributed by atoms with Gasteiger partial charge in [0.15, 0.2) is 5.69 Å². The Morgan fingerprint density at radius 1 is 1.25 bits per heavy atom. The number of rotatable bonds is 3. The molecule has 1 aromatic heterocycles. The van der Waals surface area contributed by atoms with Gasteiger partial charge in [0.1, 0.15) is 5.82 Å². The molecule has 0 saturated heterocycles. The molecule has 4 bridgehead atoms. The van der Waals surface area contributed by atoms with Crippen LogP contribution in [0, 0.1) is 36.5 Å². The molecule has 4 heteroatoms. The first-order valence-corrected chi connectivity index (χ1v) is 7.87. The van der Waals surface area contributed by atoms with Crippen LogP contribution in [-0.4, -0.2) is 20.6 Å². The number of aromatic nitrogens is 2. The van der Waals surface area contributed by atoms with Gasteiger partial charge in [0.25, 0.3) is 0 Å². The highest BCUT2D eigenvalue weighted by atomic mass is 16.4. The van der Waals surface area contributed by atoms with Gasteiger partial charge in [-0.1, -0.05) is 0 Å². The Kier molecular flexibility index (Phi) is 2.69. The molecule has 4 nitrogen and oxygen atoms in total. The third kappa shape index (κ3) is 1.88. The van der Waals surface area contributed by atoms with Crippen molar-refractivity contribution in [3.05, 3.63) is 17.7 Å². The summed E-state index contributed by atoms with van der Waals surface area (Å²) in [6, 6.07) is 0. The van der Waals surface area contributed by atoms with Gasteiger partial charge < -0.3 is 9.67 Å². The van der Waals surface area contributed by atoms with Crippen LogP contribution in [0.2, 0.25) is 0 Å². The normalized spacial score (nSPS) is 38.4. The Morgan fingerprint density at radius 3 is 2.35 bits per heavy atom. The van der Waals surface area contributed by atoms with E-state index in [1.54, 1.807) is 6.20 Å². The Morgan fingerprint density at radius 2 is 1.85 bits per heavy atom. The fraction of sp³-hybridized carbons (Fsp3) is 0.750. The second kappa shape index (κ2) is 4.34. The molecule has 4 aliphatic rings. The number of hydrogen-bond donors (Lipinski definition) is 1. The predicted molar refractivity (Wildman–Crippen MR) is 74.5 cm³/mol. The van der Waals surface area contributed by atoms with Crippen LogP contribution in [0.25, 0.3) is 0 Å². The number of carbonyl (C=O) groups is 1. The number of hydrogen-bond acceptors (Lipinski definition) is 2. The van der Waals surface area contributed by atoms with Gasteiger partial charge in [0.2, 0.25) is 0 Å². The molecule has 0 amide bonds.